The van der Waals surface area contributed by atoms with Crippen molar-refractivity contribution < 1.29 is 4.42 Å². The molecule has 4 aromatic heterocycles. The van der Waals surface area contributed by atoms with E-state index in [9.17, 15) is 0 Å². The van der Waals surface area contributed by atoms with E-state index >= 15 is 0 Å². The number of anilines is 3. The van der Waals surface area contributed by atoms with Gasteiger partial charge in [-0.1, -0.05) is 121 Å². The van der Waals surface area contributed by atoms with Crippen molar-refractivity contribution in [3.63, 3.8) is 0 Å². The summed E-state index contributed by atoms with van der Waals surface area (Å²) in [7, 11) is 0. The van der Waals surface area contributed by atoms with Crippen LogP contribution in [-0.4, -0.2) is 15.0 Å². The Morgan fingerprint density at radius 1 is 0.397 bits per heavy atom. The summed E-state index contributed by atoms with van der Waals surface area (Å²) >= 11 is 0. The lowest BCUT2D eigenvalue weighted by Gasteiger charge is -2.26. The Kier molecular flexibility index (Phi) is 8.07. The van der Waals surface area contributed by atoms with E-state index in [1.807, 2.05) is 54.9 Å². The molecule has 11 rings (SSSR count). The maximum absolute atomic E-state index is 6.19. The Balaban J connectivity index is 0.974. The summed E-state index contributed by atoms with van der Waals surface area (Å²) in [6.45, 7) is 0. The van der Waals surface area contributed by atoms with Crippen LogP contribution in [0.15, 0.2) is 211 Å². The normalized spacial score (nSPS) is 11.4. The first-order valence-corrected chi connectivity index (χ1v) is 19.4. The third kappa shape index (κ3) is 6.03. The molecule has 0 bridgehead atoms. The van der Waals surface area contributed by atoms with E-state index in [1.54, 1.807) is 0 Å². The summed E-state index contributed by atoms with van der Waals surface area (Å²) < 4.78 is 6.19. The highest BCUT2D eigenvalue weighted by molar-refractivity contribution is 6.05. The van der Waals surface area contributed by atoms with Crippen LogP contribution in [0.4, 0.5) is 17.1 Å². The number of hydrogen-bond acceptors (Lipinski definition) is 5. The highest BCUT2D eigenvalue weighted by Crippen LogP contribution is 2.39. The van der Waals surface area contributed by atoms with Gasteiger partial charge in [0.25, 0.3) is 0 Å². The molecular formula is C53H34N4O. The monoisotopic (exact) mass is 742 g/mol. The first kappa shape index (κ1) is 33.4. The number of para-hydroxylation sites is 1. The summed E-state index contributed by atoms with van der Waals surface area (Å²) in [5.74, 6) is 0. The molecule has 0 fully saturated rings. The predicted molar refractivity (Wildman–Crippen MR) is 239 cm³/mol. The van der Waals surface area contributed by atoms with Crippen molar-refractivity contribution in [3.05, 3.63) is 207 Å². The van der Waals surface area contributed by atoms with Crippen molar-refractivity contribution >= 4 is 60.8 Å². The van der Waals surface area contributed by atoms with Crippen LogP contribution in [0.3, 0.4) is 0 Å². The van der Waals surface area contributed by atoms with E-state index < -0.39 is 0 Å². The molecule has 0 saturated carbocycles. The van der Waals surface area contributed by atoms with Crippen molar-refractivity contribution in [2.45, 2.75) is 0 Å². The van der Waals surface area contributed by atoms with E-state index in [1.165, 1.54) is 21.9 Å². The van der Waals surface area contributed by atoms with Crippen molar-refractivity contribution in [2.24, 2.45) is 0 Å². The van der Waals surface area contributed by atoms with Gasteiger partial charge in [-0.3, -0.25) is 9.97 Å². The largest absolute Gasteiger partial charge is 0.456 e. The van der Waals surface area contributed by atoms with Gasteiger partial charge in [0.1, 0.15) is 11.2 Å². The summed E-state index contributed by atoms with van der Waals surface area (Å²) in [6, 6.07) is 67.9. The van der Waals surface area contributed by atoms with Crippen LogP contribution in [0, 0.1) is 0 Å². The van der Waals surface area contributed by atoms with E-state index in [2.05, 4.69) is 157 Å². The van der Waals surface area contributed by atoms with E-state index in [0.29, 0.717) is 0 Å². The molecule has 4 heterocycles. The molecule has 0 aliphatic carbocycles. The van der Waals surface area contributed by atoms with Gasteiger partial charge in [-0.05, 0) is 94.2 Å². The molecular weight excluding hydrogens is 709 g/mol. The van der Waals surface area contributed by atoms with Crippen LogP contribution in [-0.2, 0) is 0 Å². The second kappa shape index (κ2) is 14.0. The zero-order valence-corrected chi connectivity index (χ0v) is 31.3. The topological polar surface area (TPSA) is 55.1 Å². The minimum Gasteiger partial charge on any atom is -0.456 e. The van der Waals surface area contributed by atoms with Gasteiger partial charge < -0.3 is 9.32 Å². The number of pyridine rings is 3. The van der Waals surface area contributed by atoms with Gasteiger partial charge in [-0.2, -0.15) is 0 Å². The molecule has 0 unspecified atom stereocenters. The lowest BCUT2D eigenvalue weighted by atomic mass is 10.00. The second-order valence-electron chi connectivity index (χ2n) is 14.5. The third-order valence-corrected chi connectivity index (χ3v) is 11.0. The quantitative estimate of drug-likeness (QED) is 0.163. The van der Waals surface area contributed by atoms with E-state index in [4.69, 9.17) is 19.4 Å². The lowest BCUT2D eigenvalue weighted by Crippen LogP contribution is -2.09. The zero-order valence-electron chi connectivity index (χ0n) is 31.3. The Hall–Kier alpha value is -7.89. The predicted octanol–water partition coefficient (Wildman–Crippen LogP) is 14.2. The Labute approximate surface area is 335 Å². The van der Waals surface area contributed by atoms with Gasteiger partial charge in [-0.25, -0.2) is 4.98 Å². The molecule has 11 aromatic rings. The number of hydrogen-bond donors (Lipinski definition) is 0. The maximum atomic E-state index is 6.19. The standard InChI is InChI=1S/C53H34N4O/c1-2-10-37(11-3-1)46-32-50(56-48-14-8-30-54-53(46)48)39-22-28-44(29-23-39)57(42-24-18-36(19-25-42)41-17-16-35-9-4-5-12-40(35)31-41)43-26-20-38(21-27-43)49-33-52-47(34-55-49)45-13-6-7-15-51(45)58-52/h1-34H. The molecule has 0 aliphatic heterocycles. The number of aromatic nitrogens is 3. The SMILES string of the molecule is c1ccc(-c2cc(-c3ccc(N(c4ccc(-c5ccc6ccccc6c5)cc4)c4ccc(-c5cc6oc7ccccc7c6cn5)cc4)cc3)nc3cccnc23)cc1. The molecule has 0 atom stereocenters. The van der Waals surface area contributed by atoms with Crippen molar-refractivity contribution in [2.75, 3.05) is 4.90 Å². The molecule has 0 aliphatic rings. The molecule has 272 valence electrons. The molecule has 0 saturated heterocycles. The lowest BCUT2D eigenvalue weighted by molar-refractivity contribution is 0.668. The van der Waals surface area contributed by atoms with Crippen LogP contribution >= 0.6 is 0 Å². The minimum absolute atomic E-state index is 0.830. The molecule has 5 nitrogen and oxygen atoms in total. The molecule has 7 aromatic carbocycles. The van der Waals surface area contributed by atoms with Crippen LogP contribution < -0.4 is 4.90 Å². The first-order chi connectivity index (χ1) is 28.7. The Morgan fingerprint density at radius 2 is 1.03 bits per heavy atom. The first-order valence-electron chi connectivity index (χ1n) is 19.4. The smallest absolute Gasteiger partial charge is 0.139 e. The van der Waals surface area contributed by atoms with E-state index in [-0.39, 0.29) is 0 Å². The average Bonchev–Trinajstić information content (AvgIpc) is 3.68. The van der Waals surface area contributed by atoms with Crippen LogP contribution in [0.25, 0.3) is 88.5 Å². The van der Waals surface area contributed by atoms with Crippen molar-refractivity contribution in [1.82, 2.24) is 15.0 Å². The number of benzene rings is 7. The van der Waals surface area contributed by atoms with Crippen molar-refractivity contribution in [1.29, 1.82) is 0 Å². The van der Waals surface area contributed by atoms with Crippen LogP contribution in [0.5, 0.6) is 0 Å². The van der Waals surface area contributed by atoms with Gasteiger partial charge >= 0.3 is 0 Å². The number of nitrogens with zero attached hydrogens (tertiary/aromatic N) is 4. The molecule has 0 spiro atoms. The van der Waals surface area contributed by atoms with Gasteiger partial charge in [0.15, 0.2) is 0 Å². The number of fused-ring (bicyclic) bond motifs is 5. The average molecular weight is 743 g/mol. The molecule has 0 N–H and O–H groups in total. The molecule has 0 amide bonds. The summed E-state index contributed by atoms with van der Waals surface area (Å²) in [5, 5.41) is 4.56. The second-order valence-corrected chi connectivity index (χ2v) is 14.5. The van der Waals surface area contributed by atoms with Gasteiger partial charge in [0, 0.05) is 63.0 Å². The van der Waals surface area contributed by atoms with E-state index in [0.717, 1.165) is 83.7 Å². The summed E-state index contributed by atoms with van der Waals surface area (Å²) in [5.41, 5.74) is 14.9. The summed E-state index contributed by atoms with van der Waals surface area (Å²) in [4.78, 5) is 16.9. The number of rotatable bonds is 7. The van der Waals surface area contributed by atoms with Crippen LogP contribution in [0.2, 0.25) is 0 Å². The molecule has 0 radical (unpaired) electrons. The Bertz CT molecular complexity index is 3260. The Morgan fingerprint density at radius 3 is 1.79 bits per heavy atom. The van der Waals surface area contributed by atoms with Gasteiger partial charge in [0.2, 0.25) is 0 Å². The van der Waals surface area contributed by atoms with Gasteiger partial charge in [0.05, 0.1) is 22.4 Å². The highest BCUT2D eigenvalue weighted by Gasteiger charge is 2.16. The highest BCUT2D eigenvalue weighted by atomic mass is 16.3. The molecule has 5 heteroatoms. The maximum Gasteiger partial charge on any atom is 0.139 e. The minimum atomic E-state index is 0.830. The zero-order chi connectivity index (χ0) is 38.4. The third-order valence-electron chi connectivity index (χ3n) is 11.0. The van der Waals surface area contributed by atoms with Crippen LogP contribution in [0.1, 0.15) is 0 Å². The molecule has 58 heavy (non-hydrogen) atoms. The fraction of sp³-hybridized carbons (Fsp3) is 0. The van der Waals surface area contributed by atoms with Crippen molar-refractivity contribution in [3.8, 4) is 44.8 Å². The summed E-state index contributed by atoms with van der Waals surface area (Å²) in [6.07, 6.45) is 3.75. The van der Waals surface area contributed by atoms with Gasteiger partial charge in [-0.15, -0.1) is 0 Å². The fourth-order valence-electron chi connectivity index (χ4n) is 8.01. The fourth-order valence-corrected chi connectivity index (χ4v) is 8.01. The number of furan rings is 1.